The van der Waals surface area contributed by atoms with E-state index < -0.39 is 0 Å². The molecule has 0 aliphatic carbocycles. The second-order valence-electron chi connectivity index (χ2n) is 5.44. The highest BCUT2D eigenvalue weighted by Gasteiger charge is 2.16. The molecule has 19 heavy (non-hydrogen) atoms. The molecule has 1 fully saturated rings. The van der Waals surface area contributed by atoms with Gasteiger partial charge in [-0.25, -0.2) is 0 Å². The van der Waals surface area contributed by atoms with Gasteiger partial charge >= 0.3 is 0 Å². The van der Waals surface area contributed by atoms with Crippen LogP contribution in [0.25, 0.3) is 0 Å². The SMILES string of the molecule is Cc1cccc(C#N)c1NCC(C)N1CCCCC1. The second kappa shape index (κ2) is 6.58. The molecule has 0 saturated carbocycles. The van der Waals surface area contributed by atoms with E-state index in [1.54, 1.807) is 0 Å². The first-order valence-corrected chi connectivity index (χ1v) is 7.20. The van der Waals surface area contributed by atoms with E-state index in [0.717, 1.165) is 23.4 Å². The van der Waals surface area contributed by atoms with Gasteiger partial charge in [-0.1, -0.05) is 18.6 Å². The summed E-state index contributed by atoms with van der Waals surface area (Å²) in [5, 5.41) is 12.6. The summed E-state index contributed by atoms with van der Waals surface area (Å²) >= 11 is 0. The summed E-state index contributed by atoms with van der Waals surface area (Å²) in [5.41, 5.74) is 2.88. The van der Waals surface area contributed by atoms with Crippen molar-refractivity contribution in [1.82, 2.24) is 4.90 Å². The Kier molecular flexibility index (Phi) is 4.81. The topological polar surface area (TPSA) is 39.1 Å². The number of nitrogens with zero attached hydrogens (tertiary/aromatic N) is 2. The molecule has 1 atom stereocenters. The van der Waals surface area contributed by atoms with Gasteiger partial charge in [-0.05, 0) is 51.4 Å². The van der Waals surface area contributed by atoms with Crippen LogP contribution in [0.1, 0.15) is 37.3 Å². The average Bonchev–Trinajstić information content (AvgIpc) is 2.46. The number of hydrogen-bond donors (Lipinski definition) is 1. The quantitative estimate of drug-likeness (QED) is 0.900. The van der Waals surface area contributed by atoms with Gasteiger partial charge in [-0.3, -0.25) is 4.90 Å². The molecular formula is C16H23N3. The maximum Gasteiger partial charge on any atom is 0.101 e. The lowest BCUT2D eigenvalue weighted by Gasteiger charge is -2.32. The van der Waals surface area contributed by atoms with Crippen LogP contribution >= 0.6 is 0 Å². The van der Waals surface area contributed by atoms with Crippen LogP contribution in [0, 0.1) is 18.3 Å². The van der Waals surface area contributed by atoms with Gasteiger partial charge in [0.05, 0.1) is 11.3 Å². The Morgan fingerprint density at radius 1 is 1.32 bits per heavy atom. The highest BCUT2D eigenvalue weighted by atomic mass is 15.2. The van der Waals surface area contributed by atoms with Crippen LogP contribution in [0.5, 0.6) is 0 Å². The Morgan fingerprint density at radius 3 is 2.74 bits per heavy atom. The summed E-state index contributed by atoms with van der Waals surface area (Å²) < 4.78 is 0. The molecule has 0 amide bonds. The summed E-state index contributed by atoms with van der Waals surface area (Å²) in [6.45, 7) is 7.64. The van der Waals surface area contributed by atoms with Crippen molar-refractivity contribution in [3.05, 3.63) is 29.3 Å². The van der Waals surface area contributed by atoms with E-state index in [1.165, 1.54) is 32.4 Å². The number of para-hydroxylation sites is 1. The third-order valence-electron chi connectivity index (χ3n) is 3.98. The predicted octanol–water partition coefficient (Wildman–Crippen LogP) is 3.15. The number of aryl methyl sites for hydroxylation is 1. The summed E-state index contributed by atoms with van der Waals surface area (Å²) in [6.07, 6.45) is 4.00. The summed E-state index contributed by atoms with van der Waals surface area (Å²) in [5.74, 6) is 0. The predicted molar refractivity (Wildman–Crippen MR) is 79.3 cm³/mol. The molecule has 0 spiro atoms. The van der Waals surface area contributed by atoms with Crippen molar-refractivity contribution in [1.29, 1.82) is 5.26 Å². The maximum absolute atomic E-state index is 9.16. The number of likely N-dealkylation sites (tertiary alicyclic amines) is 1. The largest absolute Gasteiger partial charge is 0.382 e. The fourth-order valence-electron chi connectivity index (χ4n) is 2.73. The van der Waals surface area contributed by atoms with Gasteiger partial charge in [0.1, 0.15) is 6.07 Å². The lowest BCUT2D eigenvalue weighted by Crippen LogP contribution is -2.41. The fourth-order valence-corrected chi connectivity index (χ4v) is 2.73. The van der Waals surface area contributed by atoms with E-state index in [2.05, 4.69) is 36.2 Å². The Balaban J connectivity index is 1.96. The minimum Gasteiger partial charge on any atom is -0.382 e. The normalized spacial score (nSPS) is 17.7. The van der Waals surface area contributed by atoms with E-state index in [1.807, 2.05) is 12.1 Å². The van der Waals surface area contributed by atoms with Gasteiger partial charge in [-0.15, -0.1) is 0 Å². The van der Waals surface area contributed by atoms with E-state index in [4.69, 9.17) is 5.26 Å². The Hall–Kier alpha value is -1.53. The van der Waals surface area contributed by atoms with E-state index >= 15 is 0 Å². The van der Waals surface area contributed by atoms with E-state index in [-0.39, 0.29) is 0 Å². The Morgan fingerprint density at radius 2 is 2.05 bits per heavy atom. The Bertz CT molecular complexity index is 456. The second-order valence-corrected chi connectivity index (χ2v) is 5.44. The lowest BCUT2D eigenvalue weighted by molar-refractivity contribution is 0.180. The zero-order valence-electron chi connectivity index (χ0n) is 11.9. The summed E-state index contributed by atoms with van der Waals surface area (Å²) in [4.78, 5) is 2.54. The molecule has 1 aliphatic rings. The molecule has 1 aromatic rings. The van der Waals surface area contributed by atoms with Crippen LogP contribution in [0.4, 0.5) is 5.69 Å². The number of piperidine rings is 1. The van der Waals surface area contributed by atoms with Crippen molar-refractivity contribution in [3.8, 4) is 6.07 Å². The summed E-state index contributed by atoms with van der Waals surface area (Å²) in [7, 11) is 0. The lowest BCUT2D eigenvalue weighted by atomic mass is 10.1. The molecule has 0 radical (unpaired) electrons. The Labute approximate surface area is 116 Å². The number of nitrogens with one attached hydrogen (secondary N) is 1. The van der Waals surface area contributed by atoms with Crippen molar-refractivity contribution in [3.63, 3.8) is 0 Å². The molecule has 1 N–H and O–H groups in total. The number of nitriles is 1. The highest BCUT2D eigenvalue weighted by Crippen LogP contribution is 2.20. The number of benzene rings is 1. The van der Waals surface area contributed by atoms with Crippen LogP contribution in [0.2, 0.25) is 0 Å². The molecular weight excluding hydrogens is 234 g/mol. The molecule has 1 aliphatic heterocycles. The highest BCUT2D eigenvalue weighted by molar-refractivity contribution is 5.62. The van der Waals surface area contributed by atoms with Gasteiger partial charge < -0.3 is 5.32 Å². The van der Waals surface area contributed by atoms with Crippen LogP contribution in [-0.4, -0.2) is 30.6 Å². The fraction of sp³-hybridized carbons (Fsp3) is 0.562. The van der Waals surface area contributed by atoms with Crippen LogP contribution in [0.15, 0.2) is 18.2 Å². The smallest absolute Gasteiger partial charge is 0.101 e. The van der Waals surface area contributed by atoms with Gasteiger partial charge in [0.15, 0.2) is 0 Å². The van der Waals surface area contributed by atoms with Crippen LogP contribution in [-0.2, 0) is 0 Å². The van der Waals surface area contributed by atoms with Gasteiger partial charge in [-0.2, -0.15) is 5.26 Å². The van der Waals surface area contributed by atoms with Crippen LogP contribution in [0.3, 0.4) is 0 Å². The molecule has 2 rings (SSSR count). The van der Waals surface area contributed by atoms with Crippen molar-refractivity contribution in [2.75, 3.05) is 25.0 Å². The first-order chi connectivity index (χ1) is 9.22. The van der Waals surface area contributed by atoms with Gasteiger partial charge in [0.25, 0.3) is 0 Å². The van der Waals surface area contributed by atoms with Crippen molar-refractivity contribution < 1.29 is 0 Å². The molecule has 1 saturated heterocycles. The van der Waals surface area contributed by atoms with Gasteiger partial charge in [0.2, 0.25) is 0 Å². The molecule has 3 nitrogen and oxygen atoms in total. The van der Waals surface area contributed by atoms with E-state index in [0.29, 0.717) is 6.04 Å². The zero-order valence-corrected chi connectivity index (χ0v) is 11.9. The third-order valence-corrected chi connectivity index (χ3v) is 3.98. The summed E-state index contributed by atoms with van der Waals surface area (Å²) in [6, 6.07) is 8.65. The molecule has 102 valence electrons. The standard InChI is InChI=1S/C16H23N3/c1-13-7-6-8-15(11-17)16(13)18-12-14(2)19-9-4-3-5-10-19/h6-8,14,18H,3-5,9-10,12H2,1-2H3. The molecule has 0 aromatic heterocycles. The minimum absolute atomic E-state index is 0.520. The third kappa shape index (κ3) is 3.48. The molecule has 1 unspecified atom stereocenters. The molecule has 0 bridgehead atoms. The first-order valence-electron chi connectivity index (χ1n) is 7.20. The maximum atomic E-state index is 9.16. The van der Waals surface area contributed by atoms with Crippen molar-refractivity contribution >= 4 is 5.69 Å². The number of rotatable bonds is 4. The zero-order chi connectivity index (χ0) is 13.7. The number of anilines is 1. The number of hydrogen-bond acceptors (Lipinski definition) is 3. The molecule has 3 heteroatoms. The van der Waals surface area contributed by atoms with E-state index in [9.17, 15) is 0 Å². The minimum atomic E-state index is 0.520. The molecule has 1 heterocycles. The van der Waals surface area contributed by atoms with Gasteiger partial charge in [0, 0.05) is 12.6 Å². The monoisotopic (exact) mass is 257 g/mol. The molecule has 1 aromatic carbocycles. The van der Waals surface area contributed by atoms with Crippen LogP contribution < -0.4 is 5.32 Å². The van der Waals surface area contributed by atoms with Crippen molar-refractivity contribution in [2.45, 2.75) is 39.2 Å². The average molecular weight is 257 g/mol. The first kappa shape index (κ1) is 13.9. The van der Waals surface area contributed by atoms with Crippen molar-refractivity contribution in [2.24, 2.45) is 0 Å².